The van der Waals surface area contributed by atoms with E-state index in [0.717, 1.165) is 60.0 Å². The van der Waals surface area contributed by atoms with E-state index in [4.69, 9.17) is 4.98 Å². The average molecular weight is 360 g/mol. The third-order valence-corrected chi connectivity index (χ3v) is 5.73. The first-order valence-electron chi connectivity index (χ1n) is 9.67. The van der Waals surface area contributed by atoms with E-state index in [1.54, 1.807) is 12.1 Å². The van der Waals surface area contributed by atoms with E-state index >= 15 is 0 Å². The van der Waals surface area contributed by atoms with E-state index in [0.29, 0.717) is 5.92 Å². The summed E-state index contributed by atoms with van der Waals surface area (Å²) >= 11 is 0. The summed E-state index contributed by atoms with van der Waals surface area (Å²) in [5, 5.41) is 0.914. The number of nitrogens with zero attached hydrogens (tertiary/aromatic N) is 2. The minimum Gasteiger partial charge on any atom is -0.332 e. The highest BCUT2D eigenvalue weighted by atomic mass is 19.1. The van der Waals surface area contributed by atoms with Crippen molar-refractivity contribution in [3.8, 4) is 0 Å². The molecular formula is C23H21FN2O. The first kappa shape index (κ1) is 16.4. The predicted octanol–water partition coefficient (Wildman–Crippen LogP) is 5.23. The number of benzene rings is 2. The Morgan fingerprint density at radius 1 is 1.04 bits per heavy atom. The minimum atomic E-state index is -0.246. The normalized spacial score (nSPS) is 19.6. The van der Waals surface area contributed by atoms with Crippen LogP contribution in [0, 0.1) is 5.82 Å². The molecule has 1 saturated carbocycles. The van der Waals surface area contributed by atoms with Crippen molar-refractivity contribution >= 4 is 16.8 Å². The molecular weight excluding hydrogens is 339 g/mol. The fourth-order valence-corrected chi connectivity index (χ4v) is 4.16. The molecule has 3 nitrogen and oxygen atoms in total. The molecule has 1 amide bonds. The second-order valence-electron chi connectivity index (χ2n) is 7.59. The summed E-state index contributed by atoms with van der Waals surface area (Å²) in [7, 11) is 0. The van der Waals surface area contributed by atoms with Gasteiger partial charge < -0.3 is 4.90 Å². The number of hydrogen-bond donors (Lipinski definition) is 0. The van der Waals surface area contributed by atoms with Crippen LogP contribution in [0.1, 0.15) is 59.3 Å². The van der Waals surface area contributed by atoms with Crippen molar-refractivity contribution in [1.29, 1.82) is 0 Å². The van der Waals surface area contributed by atoms with Crippen molar-refractivity contribution in [2.75, 3.05) is 6.54 Å². The minimum absolute atomic E-state index is 0.00871. The van der Waals surface area contributed by atoms with Gasteiger partial charge in [-0.25, -0.2) is 4.39 Å². The number of carbonyl (C=O) groups excluding carboxylic acids is 1. The van der Waals surface area contributed by atoms with Crippen molar-refractivity contribution < 1.29 is 9.18 Å². The third-order valence-electron chi connectivity index (χ3n) is 5.73. The van der Waals surface area contributed by atoms with E-state index in [2.05, 4.69) is 0 Å². The van der Waals surface area contributed by atoms with E-state index in [-0.39, 0.29) is 17.8 Å². The first-order chi connectivity index (χ1) is 13.2. The lowest BCUT2D eigenvalue weighted by molar-refractivity contribution is 0.0737. The molecule has 1 aromatic heterocycles. The van der Waals surface area contributed by atoms with Crippen LogP contribution in [0.4, 0.5) is 4.39 Å². The molecule has 2 heterocycles. The molecule has 4 heteroatoms. The second-order valence-corrected chi connectivity index (χ2v) is 7.59. The standard InChI is InChI=1S/C23H21FN2O/c24-17-11-9-16(10-12-17)22-6-3-13-26(22)23(27)19-14-21(15-7-8-15)25-20-5-2-1-4-18(19)20/h1-2,4-5,9-12,14-15,22H,3,6-8,13H2. The van der Waals surface area contributed by atoms with Gasteiger partial charge in [0.1, 0.15) is 5.82 Å². The Kier molecular flexibility index (Phi) is 3.92. The molecule has 2 aliphatic rings. The molecule has 1 saturated heterocycles. The lowest BCUT2D eigenvalue weighted by Crippen LogP contribution is -2.31. The van der Waals surface area contributed by atoms with E-state index in [1.165, 1.54) is 12.1 Å². The van der Waals surface area contributed by atoms with Gasteiger partial charge >= 0.3 is 0 Å². The maximum atomic E-state index is 13.5. The zero-order valence-electron chi connectivity index (χ0n) is 15.1. The Labute approximate surface area is 157 Å². The van der Waals surface area contributed by atoms with Crippen LogP contribution >= 0.6 is 0 Å². The number of hydrogen-bond acceptors (Lipinski definition) is 2. The topological polar surface area (TPSA) is 33.2 Å². The van der Waals surface area contributed by atoms with Crippen LogP contribution in [-0.4, -0.2) is 22.3 Å². The number of para-hydroxylation sites is 1. The third kappa shape index (κ3) is 2.99. The zero-order chi connectivity index (χ0) is 18.4. The molecule has 5 rings (SSSR count). The van der Waals surface area contributed by atoms with Gasteiger partial charge in [-0.05, 0) is 55.5 Å². The fraction of sp³-hybridized carbons (Fsp3) is 0.304. The number of fused-ring (bicyclic) bond motifs is 1. The lowest BCUT2D eigenvalue weighted by Gasteiger charge is -2.26. The summed E-state index contributed by atoms with van der Waals surface area (Å²) in [5.41, 5.74) is 3.68. The van der Waals surface area contributed by atoms with Gasteiger partial charge in [0.25, 0.3) is 5.91 Å². The number of rotatable bonds is 3. The molecule has 3 aromatic rings. The summed E-state index contributed by atoms with van der Waals surface area (Å²) in [5.74, 6) is 0.304. The largest absolute Gasteiger partial charge is 0.332 e. The molecule has 2 aromatic carbocycles. The molecule has 1 aliphatic heterocycles. The number of aromatic nitrogens is 1. The molecule has 136 valence electrons. The van der Waals surface area contributed by atoms with Crippen molar-refractivity contribution in [2.45, 2.75) is 37.6 Å². The van der Waals surface area contributed by atoms with E-state index < -0.39 is 0 Å². The Morgan fingerprint density at radius 3 is 2.59 bits per heavy atom. The number of pyridine rings is 1. The summed E-state index contributed by atoms with van der Waals surface area (Å²) in [6, 6.07) is 16.5. The monoisotopic (exact) mass is 360 g/mol. The summed E-state index contributed by atoms with van der Waals surface area (Å²) in [6.07, 6.45) is 4.18. The first-order valence-corrected chi connectivity index (χ1v) is 9.67. The van der Waals surface area contributed by atoms with Crippen LogP contribution in [0.5, 0.6) is 0 Å². The molecule has 0 bridgehead atoms. The number of likely N-dealkylation sites (tertiary alicyclic amines) is 1. The van der Waals surface area contributed by atoms with Gasteiger partial charge in [0.05, 0.1) is 17.1 Å². The quantitative estimate of drug-likeness (QED) is 0.641. The Balaban J connectivity index is 1.55. The molecule has 0 spiro atoms. The van der Waals surface area contributed by atoms with Crippen LogP contribution in [0.2, 0.25) is 0 Å². The van der Waals surface area contributed by atoms with Gasteiger partial charge in [-0.1, -0.05) is 30.3 Å². The predicted molar refractivity (Wildman–Crippen MR) is 103 cm³/mol. The molecule has 1 unspecified atom stereocenters. The number of amides is 1. The summed E-state index contributed by atoms with van der Waals surface area (Å²) in [4.78, 5) is 20.3. The molecule has 2 fully saturated rings. The van der Waals surface area contributed by atoms with Gasteiger partial charge in [0.15, 0.2) is 0 Å². The maximum Gasteiger partial charge on any atom is 0.255 e. The lowest BCUT2D eigenvalue weighted by atomic mass is 10.0. The number of halogens is 1. The highest BCUT2D eigenvalue weighted by Gasteiger charge is 2.33. The second kappa shape index (κ2) is 6.45. The molecule has 0 radical (unpaired) electrons. The van der Waals surface area contributed by atoms with Crippen LogP contribution in [0.15, 0.2) is 54.6 Å². The molecule has 0 N–H and O–H groups in total. The summed E-state index contributed by atoms with van der Waals surface area (Å²) < 4.78 is 13.3. The zero-order valence-corrected chi connectivity index (χ0v) is 15.1. The van der Waals surface area contributed by atoms with Gasteiger partial charge in [0, 0.05) is 23.5 Å². The van der Waals surface area contributed by atoms with Gasteiger partial charge in [-0.3, -0.25) is 9.78 Å². The Bertz CT molecular complexity index is 1010. The van der Waals surface area contributed by atoms with E-state index in [1.807, 2.05) is 35.2 Å². The van der Waals surface area contributed by atoms with Crippen LogP contribution in [0.25, 0.3) is 10.9 Å². The average Bonchev–Trinajstić information content (AvgIpc) is 3.44. The SMILES string of the molecule is O=C(c1cc(C2CC2)nc2ccccc12)N1CCCC1c1ccc(F)cc1. The Morgan fingerprint density at radius 2 is 1.81 bits per heavy atom. The van der Waals surface area contributed by atoms with Gasteiger partial charge in [0.2, 0.25) is 0 Å². The van der Waals surface area contributed by atoms with Crippen LogP contribution < -0.4 is 0 Å². The summed E-state index contributed by atoms with van der Waals surface area (Å²) in [6.45, 7) is 0.732. The van der Waals surface area contributed by atoms with E-state index in [9.17, 15) is 9.18 Å². The molecule has 1 aliphatic carbocycles. The Hall–Kier alpha value is -2.75. The van der Waals surface area contributed by atoms with Crippen LogP contribution in [-0.2, 0) is 0 Å². The van der Waals surface area contributed by atoms with Crippen molar-refractivity contribution in [2.24, 2.45) is 0 Å². The van der Waals surface area contributed by atoms with Crippen molar-refractivity contribution in [1.82, 2.24) is 9.88 Å². The van der Waals surface area contributed by atoms with Gasteiger partial charge in [-0.2, -0.15) is 0 Å². The van der Waals surface area contributed by atoms with Crippen molar-refractivity contribution in [3.05, 3.63) is 77.2 Å². The van der Waals surface area contributed by atoms with Gasteiger partial charge in [-0.15, -0.1) is 0 Å². The smallest absolute Gasteiger partial charge is 0.255 e. The van der Waals surface area contributed by atoms with Crippen molar-refractivity contribution in [3.63, 3.8) is 0 Å². The highest BCUT2D eigenvalue weighted by molar-refractivity contribution is 6.06. The molecule has 27 heavy (non-hydrogen) atoms. The molecule has 1 atom stereocenters. The highest BCUT2D eigenvalue weighted by Crippen LogP contribution is 2.41. The fourth-order valence-electron chi connectivity index (χ4n) is 4.16. The number of carbonyl (C=O) groups is 1. The maximum absolute atomic E-state index is 13.5. The van der Waals surface area contributed by atoms with Crippen LogP contribution in [0.3, 0.4) is 0 Å².